The molecule has 0 radical (unpaired) electrons. The highest BCUT2D eigenvalue weighted by molar-refractivity contribution is 9.10. The van der Waals surface area contributed by atoms with Gasteiger partial charge in [0.15, 0.2) is 0 Å². The highest BCUT2D eigenvalue weighted by atomic mass is 79.9. The SMILES string of the molecule is OCc1csc(-c2ccc(Br)cn2)n1. The molecule has 0 bridgehead atoms. The fourth-order valence-corrected chi connectivity index (χ4v) is 2.02. The number of rotatable bonds is 2. The second-order valence-corrected chi connectivity index (χ2v) is 4.44. The Morgan fingerprint density at radius 3 is 2.86 bits per heavy atom. The number of pyridine rings is 1. The van der Waals surface area contributed by atoms with Gasteiger partial charge in [0, 0.05) is 16.0 Å². The van der Waals surface area contributed by atoms with E-state index in [0.29, 0.717) is 5.69 Å². The lowest BCUT2D eigenvalue weighted by molar-refractivity contribution is 0.278. The minimum atomic E-state index is -0.0208. The monoisotopic (exact) mass is 270 g/mol. The third-order valence-corrected chi connectivity index (χ3v) is 3.04. The molecule has 3 nitrogen and oxygen atoms in total. The summed E-state index contributed by atoms with van der Waals surface area (Å²) in [5.74, 6) is 0. The van der Waals surface area contributed by atoms with E-state index in [0.717, 1.165) is 15.2 Å². The van der Waals surface area contributed by atoms with Gasteiger partial charge in [0.1, 0.15) is 5.01 Å². The molecule has 1 N–H and O–H groups in total. The van der Waals surface area contributed by atoms with Gasteiger partial charge in [-0.25, -0.2) is 4.98 Å². The van der Waals surface area contributed by atoms with E-state index in [2.05, 4.69) is 25.9 Å². The van der Waals surface area contributed by atoms with Crippen molar-refractivity contribution in [3.8, 4) is 10.7 Å². The van der Waals surface area contributed by atoms with Crippen molar-refractivity contribution >= 4 is 27.3 Å². The van der Waals surface area contributed by atoms with Gasteiger partial charge >= 0.3 is 0 Å². The lowest BCUT2D eigenvalue weighted by Gasteiger charge is -1.94. The van der Waals surface area contributed by atoms with Crippen molar-refractivity contribution in [2.45, 2.75) is 6.61 Å². The van der Waals surface area contributed by atoms with E-state index in [1.54, 1.807) is 6.20 Å². The van der Waals surface area contributed by atoms with Gasteiger partial charge in [0.05, 0.1) is 18.0 Å². The molecule has 0 spiro atoms. The van der Waals surface area contributed by atoms with Crippen molar-refractivity contribution in [2.75, 3.05) is 0 Å². The molecule has 0 fully saturated rings. The van der Waals surface area contributed by atoms with Gasteiger partial charge in [0.25, 0.3) is 0 Å². The lowest BCUT2D eigenvalue weighted by Crippen LogP contribution is -1.84. The maximum Gasteiger partial charge on any atom is 0.142 e. The summed E-state index contributed by atoms with van der Waals surface area (Å²) in [6, 6.07) is 3.81. The molecule has 0 aliphatic heterocycles. The molecule has 0 aliphatic carbocycles. The zero-order valence-electron chi connectivity index (χ0n) is 7.14. The van der Waals surface area contributed by atoms with Crippen molar-refractivity contribution < 1.29 is 5.11 Å². The van der Waals surface area contributed by atoms with Crippen LogP contribution in [0, 0.1) is 0 Å². The Bertz CT molecular complexity index is 427. The van der Waals surface area contributed by atoms with Crippen molar-refractivity contribution in [3.05, 3.63) is 33.9 Å². The van der Waals surface area contributed by atoms with Crippen molar-refractivity contribution in [2.24, 2.45) is 0 Å². The predicted molar refractivity (Wildman–Crippen MR) is 59.0 cm³/mol. The summed E-state index contributed by atoms with van der Waals surface area (Å²) in [6.07, 6.45) is 1.73. The molecular weight excluding hydrogens is 264 g/mol. The van der Waals surface area contributed by atoms with E-state index >= 15 is 0 Å². The summed E-state index contributed by atoms with van der Waals surface area (Å²) >= 11 is 4.80. The Balaban J connectivity index is 2.34. The summed E-state index contributed by atoms with van der Waals surface area (Å²) in [6.45, 7) is -0.0208. The third kappa shape index (κ3) is 2.00. The van der Waals surface area contributed by atoms with E-state index in [-0.39, 0.29) is 6.61 Å². The molecule has 5 heteroatoms. The van der Waals surface area contributed by atoms with E-state index in [1.165, 1.54) is 11.3 Å². The normalized spacial score (nSPS) is 10.4. The summed E-state index contributed by atoms with van der Waals surface area (Å²) in [7, 11) is 0. The Morgan fingerprint density at radius 1 is 1.43 bits per heavy atom. The van der Waals surface area contributed by atoms with Crippen LogP contribution in [0.1, 0.15) is 5.69 Å². The Hall–Kier alpha value is -0.780. The summed E-state index contributed by atoms with van der Waals surface area (Å²) < 4.78 is 0.945. The molecule has 0 aliphatic rings. The van der Waals surface area contributed by atoms with Crippen LogP contribution >= 0.6 is 27.3 Å². The van der Waals surface area contributed by atoms with Crippen LogP contribution in [-0.4, -0.2) is 15.1 Å². The Labute approximate surface area is 93.6 Å². The number of aromatic nitrogens is 2. The van der Waals surface area contributed by atoms with Crippen molar-refractivity contribution in [1.82, 2.24) is 9.97 Å². The number of aliphatic hydroxyl groups excluding tert-OH is 1. The molecule has 2 aromatic rings. The molecule has 0 amide bonds. The quantitative estimate of drug-likeness (QED) is 0.912. The summed E-state index contributed by atoms with van der Waals surface area (Å²) in [5.41, 5.74) is 1.52. The fraction of sp³-hybridized carbons (Fsp3) is 0.111. The van der Waals surface area contributed by atoms with Gasteiger partial charge in [0.2, 0.25) is 0 Å². The van der Waals surface area contributed by atoms with E-state index in [1.807, 2.05) is 17.5 Å². The molecule has 0 unspecified atom stereocenters. The molecule has 0 aromatic carbocycles. The Kier molecular flexibility index (Phi) is 2.90. The molecule has 14 heavy (non-hydrogen) atoms. The topological polar surface area (TPSA) is 46.0 Å². The van der Waals surface area contributed by atoms with Gasteiger partial charge < -0.3 is 5.11 Å². The first kappa shape index (κ1) is 9.76. The molecule has 2 heterocycles. The van der Waals surface area contributed by atoms with Crippen LogP contribution in [0.2, 0.25) is 0 Å². The third-order valence-electron chi connectivity index (χ3n) is 1.66. The highest BCUT2D eigenvalue weighted by Crippen LogP contribution is 2.22. The van der Waals surface area contributed by atoms with Crippen molar-refractivity contribution in [3.63, 3.8) is 0 Å². The first-order chi connectivity index (χ1) is 6.79. The zero-order valence-corrected chi connectivity index (χ0v) is 9.55. The van der Waals surface area contributed by atoms with Crippen LogP contribution in [0.3, 0.4) is 0 Å². The minimum Gasteiger partial charge on any atom is -0.390 e. The first-order valence-electron chi connectivity index (χ1n) is 3.97. The number of halogens is 1. The second kappa shape index (κ2) is 4.16. The van der Waals surface area contributed by atoms with Gasteiger partial charge in [-0.1, -0.05) is 0 Å². The second-order valence-electron chi connectivity index (χ2n) is 2.66. The van der Waals surface area contributed by atoms with Crippen molar-refractivity contribution in [1.29, 1.82) is 0 Å². The minimum absolute atomic E-state index is 0.0208. The molecule has 2 rings (SSSR count). The van der Waals surface area contributed by atoms with E-state index in [4.69, 9.17) is 5.11 Å². The number of nitrogens with zero attached hydrogens (tertiary/aromatic N) is 2. The van der Waals surface area contributed by atoms with Gasteiger partial charge in [-0.2, -0.15) is 0 Å². The van der Waals surface area contributed by atoms with Gasteiger partial charge in [-0.05, 0) is 28.1 Å². The van der Waals surface area contributed by atoms with E-state index in [9.17, 15) is 0 Å². The molecule has 0 atom stereocenters. The molecule has 2 aromatic heterocycles. The number of hydrogen-bond donors (Lipinski definition) is 1. The van der Waals surface area contributed by atoms with Crippen LogP contribution in [0.5, 0.6) is 0 Å². The molecular formula is C9H7BrN2OS. The molecule has 0 saturated carbocycles. The van der Waals surface area contributed by atoms with Gasteiger partial charge in [-0.3, -0.25) is 4.98 Å². The van der Waals surface area contributed by atoms with Crippen LogP contribution < -0.4 is 0 Å². The zero-order chi connectivity index (χ0) is 9.97. The average Bonchev–Trinajstić information content (AvgIpc) is 2.67. The smallest absolute Gasteiger partial charge is 0.142 e. The van der Waals surface area contributed by atoms with Crippen LogP contribution in [0.15, 0.2) is 28.2 Å². The highest BCUT2D eigenvalue weighted by Gasteiger charge is 2.04. The molecule has 72 valence electrons. The standard InChI is InChI=1S/C9H7BrN2OS/c10-6-1-2-8(11-3-6)9-12-7(4-13)5-14-9/h1-3,5,13H,4H2. The number of thiazole rings is 1. The largest absolute Gasteiger partial charge is 0.390 e. The van der Waals surface area contributed by atoms with Crippen LogP contribution in [-0.2, 0) is 6.61 Å². The summed E-state index contributed by atoms with van der Waals surface area (Å²) in [5, 5.41) is 11.5. The number of hydrogen-bond acceptors (Lipinski definition) is 4. The maximum absolute atomic E-state index is 8.86. The summed E-state index contributed by atoms with van der Waals surface area (Å²) in [4.78, 5) is 8.43. The first-order valence-corrected chi connectivity index (χ1v) is 5.64. The fourth-order valence-electron chi connectivity index (χ4n) is 1.000. The van der Waals surface area contributed by atoms with Gasteiger partial charge in [-0.15, -0.1) is 11.3 Å². The number of aliphatic hydroxyl groups is 1. The predicted octanol–water partition coefficient (Wildman–Crippen LogP) is 2.46. The maximum atomic E-state index is 8.86. The average molecular weight is 271 g/mol. The molecule has 0 saturated heterocycles. The van der Waals surface area contributed by atoms with E-state index < -0.39 is 0 Å². The lowest BCUT2D eigenvalue weighted by atomic mass is 10.4. The van der Waals surface area contributed by atoms with Crippen LogP contribution in [0.25, 0.3) is 10.7 Å². The Morgan fingerprint density at radius 2 is 2.29 bits per heavy atom. The van der Waals surface area contributed by atoms with Crippen LogP contribution in [0.4, 0.5) is 0 Å².